The number of hydrogen-bond acceptors (Lipinski definition) is 6. The first kappa shape index (κ1) is 30.7. The van der Waals surface area contributed by atoms with E-state index in [1.54, 1.807) is 49.1 Å². The molecular formula is C31H30N7O5W+. The summed E-state index contributed by atoms with van der Waals surface area (Å²) >= 11 is 0. The third-order valence-corrected chi connectivity index (χ3v) is 7.98. The van der Waals surface area contributed by atoms with Crippen molar-refractivity contribution in [1.82, 2.24) is 19.9 Å². The predicted molar refractivity (Wildman–Crippen MR) is 160 cm³/mol. The fourth-order valence-corrected chi connectivity index (χ4v) is 5.84. The summed E-state index contributed by atoms with van der Waals surface area (Å²) in [6.45, 7) is 0. The number of hydrogen-bond donors (Lipinski definition) is 4. The third kappa shape index (κ3) is 6.16. The Morgan fingerprint density at radius 3 is 2.59 bits per heavy atom. The van der Waals surface area contributed by atoms with E-state index in [0.717, 1.165) is 42.6 Å². The van der Waals surface area contributed by atoms with Gasteiger partial charge in [-0.1, -0.05) is 19.3 Å². The third-order valence-electron chi connectivity index (χ3n) is 7.98. The molecule has 4 amide bonds. The van der Waals surface area contributed by atoms with Crippen LogP contribution in [0.15, 0.2) is 65.6 Å². The van der Waals surface area contributed by atoms with Gasteiger partial charge in [0.15, 0.2) is 0 Å². The Labute approximate surface area is 266 Å². The molecular weight excluding hydrogens is 734 g/mol. The maximum Gasteiger partial charge on any atom is 2.00 e. The Balaban J connectivity index is 0.00000384. The summed E-state index contributed by atoms with van der Waals surface area (Å²) in [6, 6.07) is 11.4. The van der Waals surface area contributed by atoms with Gasteiger partial charge in [0.1, 0.15) is 24.0 Å². The van der Waals surface area contributed by atoms with Gasteiger partial charge in [0.25, 0.3) is 11.8 Å². The molecule has 13 heteroatoms. The van der Waals surface area contributed by atoms with Crippen molar-refractivity contribution in [2.75, 3.05) is 5.32 Å². The topological polar surface area (TPSA) is 189 Å². The standard InChI is InChI=1S/C31H31N7O5.W/c32-27(39)25(13-19-15-34-23-8-7-20(14-22(19)23)35-31(42)28(33)40)37-30(41)17-6-9-26-24(12-17)36-29(18-10-11-43-16-18)38(26)21-4-2-1-3-5-21;/h6-12,14-16,21,25H,1-5,13H2,(H7,32,33,34,35,37,39,40,41,42);/q;+2/p-1. The minimum atomic E-state index is -1.36. The van der Waals surface area contributed by atoms with Crippen molar-refractivity contribution < 1.29 is 44.7 Å². The molecule has 3 aromatic heterocycles. The van der Waals surface area contributed by atoms with Crippen LogP contribution in [0.1, 0.15) is 54.1 Å². The minimum Gasteiger partial charge on any atom is -0.659 e. The molecule has 1 aliphatic carbocycles. The van der Waals surface area contributed by atoms with Gasteiger partial charge < -0.3 is 40.9 Å². The number of furan rings is 1. The number of imidazole rings is 1. The molecule has 224 valence electrons. The van der Waals surface area contributed by atoms with Crippen molar-refractivity contribution in [3.63, 3.8) is 0 Å². The minimum absolute atomic E-state index is 0. The van der Waals surface area contributed by atoms with Crippen molar-refractivity contribution >= 4 is 51.3 Å². The molecule has 1 unspecified atom stereocenters. The molecule has 0 spiro atoms. The van der Waals surface area contributed by atoms with E-state index in [1.807, 2.05) is 12.1 Å². The molecule has 1 atom stereocenters. The van der Waals surface area contributed by atoms with Crippen LogP contribution >= 0.6 is 0 Å². The molecule has 5 aromatic rings. The predicted octanol–water partition coefficient (Wildman–Crippen LogP) is 4.62. The van der Waals surface area contributed by atoms with Crippen LogP contribution in [0.25, 0.3) is 39.1 Å². The molecule has 2 aromatic carbocycles. The summed E-state index contributed by atoms with van der Waals surface area (Å²) in [7, 11) is 0. The monoisotopic (exact) mass is 764 g/mol. The van der Waals surface area contributed by atoms with Crippen LogP contribution in [0.2, 0.25) is 0 Å². The van der Waals surface area contributed by atoms with E-state index < -0.39 is 29.7 Å². The van der Waals surface area contributed by atoms with Crippen LogP contribution in [-0.4, -0.2) is 44.2 Å². The maximum atomic E-state index is 13.4. The normalized spacial score (nSPS) is 14.2. The van der Waals surface area contributed by atoms with E-state index in [9.17, 15) is 19.2 Å². The van der Waals surface area contributed by atoms with Crippen LogP contribution in [-0.2, 0) is 41.9 Å². The second kappa shape index (κ2) is 12.9. The van der Waals surface area contributed by atoms with E-state index in [2.05, 4.69) is 20.2 Å². The molecule has 6 rings (SSSR count). The molecule has 0 radical (unpaired) electrons. The Kier molecular flexibility index (Phi) is 9.01. The molecule has 1 aliphatic rings. The van der Waals surface area contributed by atoms with Gasteiger partial charge >= 0.3 is 21.1 Å². The quantitative estimate of drug-likeness (QED) is 0.167. The zero-order valence-electron chi connectivity index (χ0n) is 23.6. The first-order valence-electron chi connectivity index (χ1n) is 14.1. The Hall–Kier alpha value is -4.70. The largest absolute Gasteiger partial charge is 2.00 e. The maximum absolute atomic E-state index is 13.4. The Bertz CT molecular complexity index is 1850. The van der Waals surface area contributed by atoms with E-state index in [0.29, 0.717) is 39.3 Å². The van der Waals surface area contributed by atoms with Crippen LogP contribution < -0.4 is 16.4 Å². The van der Waals surface area contributed by atoms with Gasteiger partial charge in [-0.05, 0) is 60.9 Å². The van der Waals surface area contributed by atoms with E-state index in [4.69, 9.17) is 20.9 Å². The summed E-state index contributed by atoms with van der Waals surface area (Å²) in [5, 5.41) is 5.79. The summed E-state index contributed by atoms with van der Waals surface area (Å²) in [5.41, 5.74) is 17.2. The molecule has 6 N–H and O–H groups in total. The van der Waals surface area contributed by atoms with E-state index in [-0.39, 0.29) is 27.5 Å². The first-order valence-corrected chi connectivity index (χ1v) is 14.1. The Morgan fingerprint density at radius 1 is 1.09 bits per heavy atom. The first-order chi connectivity index (χ1) is 20.8. The number of nitrogens with zero attached hydrogens (tertiary/aromatic N) is 2. The second-order valence-electron chi connectivity index (χ2n) is 10.8. The second-order valence-corrected chi connectivity index (χ2v) is 10.8. The van der Waals surface area contributed by atoms with Crippen molar-refractivity contribution in [3.8, 4) is 11.4 Å². The average molecular weight is 764 g/mol. The molecule has 0 bridgehead atoms. The molecule has 1 fully saturated rings. The van der Waals surface area contributed by atoms with Crippen molar-refractivity contribution in [2.45, 2.75) is 50.6 Å². The van der Waals surface area contributed by atoms with Gasteiger partial charge in [0.05, 0.1) is 22.9 Å². The summed E-state index contributed by atoms with van der Waals surface area (Å²) in [5.74, 6) is -2.80. The number of rotatable bonds is 8. The summed E-state index contributed by atoms with van der Waals surface area (Å²) in [6.07, 6.45) is 10.7. The number of aromatic amines is 1. The summed E-state index contributed by atoms with van der Waals surface area (Å²) < 4.78 is 7.59. The summed E-state index contributed by atoms with van der Waals surface area (Å²) in [4.78, 5) is 56.5. The number of aromatic nitrogens is 3. The number of carbonyl (C=O) groups is 4. The van der Waals surface area contributed by atoms with Crippen LogP contribution in [0.5, 0.6) is 0 Å². The van der Waals surface area contributed by atoms with Gasteiger partial charge in [-0.15, -0.1) is 0 Å². The van der Waals surface area contributed by atoms with Crippen molar-refractivity contribution in [3.05, 3.63) is 78.0 Å². The number of amides is 4. The van der Waals surface area contributed by atoms with Crippen molar-refractivity contribution in [1.29, 1.82) is 0 Å². The van der Waals surface area contributed by atoms with Gasteiger partial charge in [-0.25, -0.2) is 4.98 Å². The fraction of sp³-hybridized carbons (Fsp3) is 0.258. The van der Waals surface area contributed by atoms with Crippen LogP contribution in [0.3, 0.4) is 0 Å². The van der Waals surface area contributed by atoms with Gasteiger partial charge in [0.2, 0.25) is 5.91 Å². The zero-order chi connectivity index (χ0) is 30.1. The number of carbonyl (C=O) groups excluding carboxylic acids is 4. The molecule has 12 nitrogen and oxygen atoms in total. The number of nitrogens with two attached hydrogens (primary N) is 1. The molecule has 3 heterocycles. The molecule has 44 heavy (non-hydrogen) atoms. The smallest absolute Gasteiger partial charge is 0.659 e. The molecule has 1 saturated carbocycles. The Morgan fingerprint density at radius 2 is 1.89 bits per heavy atom. The van der Waals surface area contributed by atoms with E-state index in [1.165, 1.54) is 6.42 Å². The molecule has 0 aliphatic heterocycles. The molecule has 0 saturated heterocycles. The van der Waals surface area contributed by atoms with Crippen LogP contribution in [0.4, 0.5) is 5.69 Å². The zero-order valence-corrected chi connectivity index (χ0v) is 26.5. The van der Waals surface area contributed by atoms with Gasteiger partial charge in [-0.3, -0.25) is 14.4 Å². The number of primary amides is 1. The van der Waals surface area contributed by atoms with Gasteiger partial charge in [0, 0.05) is 40.8 Å². The fourth-order valence-electron chi connectivity index (χ4n) is 5.84. The number of anilines is 1. The average Bonchev–Trinajstić information content (AvgIpc) is 3.75. The van der Waals surface area contributed by atoms with Crippen molar-refractivity contribution in [2.24, 2.45) is 5.73 Å². The van der Waals surface area contributed by atoms with Gasteiger partial charge in [-0.2, -0.15) is 0 Å². The van der Waals surface area contributed by atoms with Crippen LogP contribution in [0, 0.1) is 0 Å². The number of benzene rings is 2. The SMILES string of the molecule is [NH-]C(=O)C(=O)Nc1ccc2[nH]cc(CC(NC(=O)c3ccc4c(c3)nc(-c3ccoc3)n4C3CCCCC3)C(N)=O)c2c1.[W+2]. The number of nitrogens with one attached hydrogen (secondary N) is 4. The number of H-pyrrole nitrogens is 1. The number of fused-ring (bicyclic) bond motifs is 2. The van der Waals surface area contributed by atoms with E-state index >= 15 is 0 Å².